The molecule has 1 heterocycles. The third-order valence-corrected chi connectivity index (χ3v) is 7.59. The van der Waals surface area contributed by atoms with Crippen LogP contribution in [0, 0.1) is 0 Å². The Morgan fingerprint density at radius 3 is 2.50 bits per heavy atom. The molecular weight excluding hydrogens is 312 g/mol. The highest BCUT2D eigenvalue weighted by Gasteiger charge is 2.28. The number of sulfonamides is 1. The molecule has 0 radical (unpaired) electrons. The third-order valence-electron chi connectivity index (χ3n) is 3.03. The Labute approximate surface area is 122 Å². The molecule has 8 heteroatoms. The Hall–Kier alpha value is 0.180. The summed E-state index contributed by atoms with van der Waals surface area (Å²) in [6.07, 6.45) is 5.12. The third kappa shape index (κ3) is 3.84. The van der Waals surface area contributed by atoms with Crippen molar-refractivity contribution in [2.24, 2.45) is 0 Å². The molecule has 104 valence electrons. The van der Waals surface area contributed by atoms with Gasteiger partial charge in [0.25, 0.3) is 10.0 Å². The maximum atomic E-state index is 12.0. The second-order valence-electron chi connectivity index (χ2n) is 3.85. The summed E-state index contributed by atoms with van der Waals surface area (Å²) in [5.74, 6) is 0. The summed E-state index contributed by atoms with van der Waals surface area (Å²) >= 11 is 8.31. The molecule has 0 unspecified atom stereocenters. The Morgan fingerprint density at radius 2 is 2.11 bits per heavy atom. The quantitative estimate of drug-likeness (QED) is 0.836. The lowest BCUT2D eigenvalue weighted by molar-refractivity contribution is 0.523. The van der Waals surface area contributed by atoms with Gasteiger partial charge in [-0.2, -0.15) is 11.8 Å². The SMILES string of the molecule is CCC(CC)(CNS(=O)(=O)c1cnc(Cl)s1)SC. The number of hydrogen-bond acceptors (Lipinski definition) is 5. The number of rotatable bonds is 7. The van der Waals surface area contributed by atoms with Gasteiger partial charge in [0.05, 0.1) is 6.20 Å². The molecule has 1 rings (SSSR count). The van der Waals surface area contributed by atoms with Crippen LogP contribution in [0.1, 0.15) is 26.7 Å². The lowest BCUT2D eigenvalue weighted by Gasteiger charge is -2.29. The Bertz CT molecular complexity index is 475. The first-order chi connectivity index (χ1) is 8.39. The van der Waals surface area contributed by atoms with Crippen LogP contribution in [0.25, 0.3) is 0 Å². The number of nitrogens with zero attached hydrogens (tertiary/aromatic N) is 1. The molecule has 4 nitrogen and oxygen atoms in total. The highest BCUT2D eigenvalue weighted by molar-refractivity contribution is 8.00. The van der Waals surface area contributed by atoms with E-state index in [-0.39, 0.29) is 13.4 Å². The monoisotopic (exact) mass is 328 g/mol. The summed E-state index contributed by atoms with van der Waals surface area (Å²) in [5, 5.41) is 0. The second kappa shape index (κ2) is 6.56. The fourth-order valence-electron chi connectivity index (χ4n) is 1.52. The van der Waals surface area contributed by atoms with Crippen molar-refractivity contribution < 1.29 is 8.42 Å². The minimum Gasteiger partial charge on any atom is -0.232 e. The van der Waals surface area contributed by atoms with E-state index in [9.17, 15) is 8.42 Å². The maximum absolute atomic E-state index is 12.0. The van der Waals surface area contributed by atoms with Gasteiger partial charge in [-0.15, -0.1) is 0 Å². The van der Waals surface area contributed by atoms with E-state index < -0.39 is 10.0 Å². The van der Waals surface area contributed by atoms with E-state index in [2.05, 4.69) is 23.6 Å². The normalized spacial score (nSPS) is 12.9. The van der Waals surface area contributed by atoms with Gasteiger partial charge in [-0.05, 0) is 19.1 Å². The standard InChI is InChI=1S/C10H17ClN2O2S3/c1-4-10(5-2,16-3)7-13-18(14,15)8-6-12-9(11)17-8/h6,13H,4-5,7H2,1-3H3. The van der Waals surface area contributed by atoms with Crippen molar-refractivity contribution in [3.63, 3.8) is 0 Å². The van der Waals surface area contributed by atoms with Gasteiger partial charge in [0.15, 0.2) is 8.68 Å². The molecule has 0 aliphatic heterocycles. The number of aromatic nitrogens is 1. The summed E-state index contributed by atoms with van der Waals surface area (Å²) in [5.41, 5.74) is 0. The van der Waals surface area contributed by atoms with Crippen LogP contribution >= 0.6 is 34.7 Å². The Balaban J connectivity index is 2.79. The van der Waals surface area contributed by atoms with E-state index >= 15 is 0 Å². The van der Waals surface area contributed by atoms with Gasteiger partial charge >= 0.3 is 0 Å². The molecule has 0 atom stereocenters. The van der Waals surface area contributed by atoms with Crippen LogP contribution in [0.3, 0.4) is 0 Å². The van der Waals surface area contributed by atoms with Crippen LogP contribution < -0.4 is 4.72 Å². The zero-order valence-electron chi connectivity index (χ0n) is 10.6. The van der Waals surface area contributed by atoms with Crippen LogP contribution in [0.4, 0.5) is 0 Å². The van der Waals surface area contributed by atoms with Crippen molar-refractivity contribution in [3.05, 3.63) is 10.7 Å². The zero-order valence-corrected chi connectivity index (χ0v) is 13.8. The lowest BCUT2D eigenvalue weighted by atomic mass is 10.0. The Kier molecular flexibility index (Phi) is 5.92. The first-order valence-corrected chi connectivity index (χ1v) is 9.45. The number of halogens is 1. The topological polar surface area (TPSA) is 59.1 Å². The lowest BCUT2D eigenvalue weighted by Crippen LogP contribution is -2.39. The van der Waals surface area contributed by atoms with E-state index in [0.29, 0.717) is 6.54 Å². The molecule has 0 aromatic carbocycles. The van der Waals surface area contributed by atoms with Crippen LogP contribution in [0.5, 0.6) is 0 Å². The fourth-order valence-corrected chi connectivity index (χ4v) is 4.87. The molecule has 0 bridgehead atoms. The van der Waals surface area contributed by atoms with E-state index in [1.54, 1.807) is 11.8 Å². The average molecular weight is 329 g/mol. The van der Waals surface area contributed by atoms with E-state index in [0.717, 1.165) is 24.2 Å². The summed E-state index contributed by atoms with van der Waals surface area (Å²) < 4.78 is 27.0. The number of nitrogens with one attached hydrogen (secondary N) is 1. The van der Waals surface area contributed by atoms with Crippen LogP contribution in [-0.2, 0) is 10.0 Å². The van der Waals surface area contributed by atoms with E-state index in [4.69, 9.17) is 11.6 Å². The summed E-state index contributed by atoms with van der Waals surface area (Å²) in [7, 11) is -3.49. The highest BCUT2D eigenvalue weighted by atomic mass is 35.5. The van der Waals surface area contributed by atoms with Crippen molar-refractivity contribution in [2.45, 2.75) is 35.6 Å². The van der Waals surface area contributed by atoms with Gasteiger partial charge in [0, 0.05) is 11.3 Å². The van der Waals surface area contributed by atoms with Gasteiger partial charge in [-0.3, -0.25) is 0 Å². The molecule has 1 aromatic heterocycles. The molecule has 0 fully saturated rings. The predicted octanol–water partition coefficient (Wildman–Crippen LogP) is 3.00. The molecule has 0 amide bonds. The van der Waals surface area contributed by atoms with Gasteiger partial charge in [0.2, 0.25) is 0 Å². The minimum absolute atomic E-state index is 0.0540. The number of thiazole rings is 1. The summed E-state index contributed by atoms with van der Waals surface area (Å²) in [6.45, 7) is 4.55. The molecule has 1 aromatic rings. The highest BCUT2D eigenvalue weighted by Crippen LogP contribution is 2.30. The zero-order chi connectivity index (χ0) is 13.8. The van der Waals surface area contributed by atoms with E-state index in [1.165, 1.54) is 6.20 Å². The summed E-state index contributed by atoms with van der Waals surface area (Å²) in [6, 6.07) is 0. The molecule has 0 saturated carbocycles. The number of hydrogen-bond donors (Lipinski definition) is 1. The van der Waals surface area contributed by atoms with Crippen molar-refractivity contribution in [1.82, 2.24) is 9.71 Å². The van der Waals surface area contributed by atoms with Gasteiger partial charge in [-0.1, -0.05) is 36.8 Å². The van der Waals surface area contributed by atoms with Crippen molar-refractivity contribution in [2.75, 3.05) is 12.8 Å². The number of thioether (sulfide) groups is 1. The smallest absolute Gasteiger partial charge is 0.232 e. The largest absolute Gasteiger partial charge is 0.251 e. The van der Waals surface area contributed by atoms with Crippen molar-refractivity contribution in [3.8, 4) is 0 Å². The van der Waals surface area contributed by atoms with Gasteiger partial charge < -0.3 is 0 Å². The molecule has 0 spiro atoms. The molecule has 0 aliphatic rings. The van der Waals surface area contributed by atoms with Gasteiger partial charge in [-0.25, -0.2) is 18.1 Å². The minimum atomic E-state index is -3.49. The first-order valence-electron chi connectivity index (χ1n) is 5.55. The van der Waals surface area contributed by atoms with E-state index in [1.807, 2.05) is 6.26 Å². The Morgan fingerprint density at radius 1 is 1.50 bits per heavy atom. The van der Waals surface area contributed by atoms with Crippen molar-refractivity contribution >= 4 is 44.7 Å². The van der Waals surface area contributed by atoms with Gasteiger partial charge in [0.1, 0.15) is 0 Å². The molecular formula is C10H17ClN2O2S3. The fraction of sp³-hybridized carbons (Fsp3) is 0.700. The molecule has 1 N–H and O–H groups in total. The van der Waals surface area contributed by atoms with Crippen molar-refractivity contribution in [1.29, 1.82) is 0 Å². The molecule has 18 heavy (non-hydrogen) atoms. The molecule has 0 saturated heterocycles. The van der Waals surface area contributed by atoms with Crippen LogP contribution in [0.2, 0.25) is 4.47 Å². The predicted molar refractivity (Wildman–Crippen MR) is 79.1 cm³/mol. The summed E-state index contributed by atoms with van der Waals surface area (Å²) in [4.78, 5) is 3.75. The average Bonchev–Trinajstić information content (AvgIpc) is 2.79. The van der Waals surface area contributed by atoms with Crippen LogP contribution in [-0.4, -0.2) is 30.9 Å². The maximum Gasteiger partial charge on any atom is 0.251 e. The molecule has 0 aliphatic carbocycles. The first kappa shape index (κ1) is 16.2. The van der Waals surface area contributed by atoms with Crippen LogP contribution in [0.15, 0.2) is 10.4 Å². The second-order valence-corrected chi connectivity index (χ2v) is 8.73.